The summed E-state index contributed by atoms with van der Waals surface area (Å²) in [6.45, 7) is 0. The summed E-state index contributed by atoms with van der Waals surface area (Å²) < 4.78 is 2.30. The van der Waals surface area contributed by atoms with Gasteiger partial charge >= 0.3 is 5.97 Å². The van der Waals surface area contributed by atoms with Gasteiger partial charge in [-0.3, -0.25) is 9.78 Å². The van der Waals surface area contributed by atoms with E-state index in [1.54, 1.807) is 30.5 Å². The number of aliphatic carboxylic acids is 1. The Kier molecular flexibility index (Phi) is 7.88. The summed E-state index contributed by atoms with van der Waals surface area (Å²) in [6.07, 6.45) is 7.48. The van der Waals surface area contributed by atoms with Gasteiger partial charge < -0.3 is 20.1 Å². The molecule has 4 aromatic carbocycles. The standard InChI is InChI=1S/C37H33N5O4/c43-28-15-11-23(12-16-28)19-32(37(45)46)41-36(44)26-14-18-34-31(21-26)40-35(42(34)27-9-5-2-6-10-27)25-13-17-29-30(20-25)38-22-33(39-29)24-7-3-1-4-8-24/h1,3-4,7-8,11-18,20-22,27,32,43H,2,5-6,9-10,19H2,(H,41,44)(H,45,46)/t32-/m0/s1. The van der Waals surface area contributed by atoms with Crippen LogP contribution in [0, 0.1) is 0 Å². The Morgan fingerprint density at radius 1 is 0.826 bits per heavy atom. The van der Waals surface area contributed by atoms with Crippen molar-refractivity contribution in [3.8, 4) is 28.4 Å². The van der Waals surface area contributed by atoms with E-state index in [-0.39, 0.29) is 18.2 Å². The molecule has 1 aliphatic rings. The van der Waals surface area contributed by atoms with E-state index in [1.807, 2.05) is 54.6 Å². The van der Waals surface area contributed by atoms with Crippen LogP contribution in [0.3, 0.4) is 0 Å². The van der Waals surface area contributed by atoms with E-state index < -0.39 is 17.9 Å². The van der Waals surface area contributed by atoms with Crippen molar-refractivity contribution in [2.45, 2.75) is 50.6 Å². The van der Waals surface area contributed by atoms with Gasteiger partial charge in [-0.25, -0.2) is 14.8 Å². The molecular weight excluding hydrogens is 578 g/mol. The number of phenols is 1. The summed E-state index contributed by atoms with van der Waals surface area (Å²) >= 11 is 0. The Bertz CT molecular complexity index is 2050. The Morgan fingerprint density at radius 2 is 1.61 bits per heavy atom. The average Bonchev–Trinajstić information content (AvgIpc) is 3.48. The molecule has 46 heavy (non-hydrogen) atoms. The highest BCUT2D eigenvalue weighted by Crippen LogP contribution is 2.37. The van der Waals surface area contributed by atoms with Crippen molar-refractivity contribution in [3.63, 3.8) is 0 Å². The van der Waals surface area contributed by atoms with Gasteiger partial charge in [-0.15, -0.1) is 0 Å². The number of nitrogens with zero attached hydrogens (tertiary/aromatic N) is 4. The van der Waals surface area contributed by atoms with Crippen molar-refractivity contribution in [1.82, 2.24) is 24.8 Å². The predicted molar refractivity (Wildman–Crippen MR) is 177 cm³/mol. The highest BCUT2D eigenvalue weighted by atomic mass is 16.4. The maximum absolute atomic E-state index is 13.3. The number of rotatable bonds is 8. The van der Waals surface area contributed by atoms with Crippen LogP contribution in [0.1, 0.15) is 54.1 Å². The van der Waals surface area contributed by atoms with E-state index in [1.165, 1.54) is 18.6 Å². The fourth-order valence-corrected chi connectivity index (χ4v) is 6.36. The lowest BCUT2D eigenvalue weighted by Crippen LogP contribution is -2.42. The van der Waals surface area contributed by atoms with E-state index in [0.29, 0.717) is 16.6 Å². The maximum atomic E-state index is 13.3. The number of carboxylic acid groups (broad SMARTS) is 1. The zero-order valence-electron chi connectivity index (χ0n) is 25.1. The molecule has 9 heteroatoms. The van der Waals surface area contributed by atoms with Crippen LogP contribution in [0.5, 0.6) is 5.75 Å². The molecule has 1 atom stereocenters. The smallest absolute Gasteiger partial charge is 0.326 e. The van der Waals surface area contributed by atoms with Crippen LogP contribution >= 0.6 is 0 Å². The molecular formula is C37H33N5O4. The van der Waals surface area contributed by atoms with Crippen molar-refractivity contribution < 1.29 is 19.8 Å². The third kappa shape index (κ3) is 5.91. The average molecular weight is 612 g/mol. The van der Waals surface area contributed by atoms with Crippen LogP contribution in [-0.4, -0.2) is 47.7 Å². The second-order valence-corrected chi connectivity index (χ2v) is 11.9. The van der Waals surface area contributed by atoms with Gasteiger partial charge in [0.2, 0.25) is 0 Å². The second-order valence-electron chi connectivity index (χ2n) is 11.9. The molecule has 6 aromatic rings. The highest BCUT2D eigenvalue weighted by Gasteiger charge is 2.25. The lowest BCUT2D eigenvalue weighted by atomic mass is 9.94. The summed E-state index contributed by atoms with van der Waals surface area (Å²) in [5.74, 6) is -0.724. The summed E-state index contributed by atoms with van der Waals surface area (Å²) in [4.78, 5) is 40.0. The monoisotopic (exact) mass is 611 g/mol. The number of hydrogen-bond donors (Lipinski definition) is 3. The number of aromatic hydroxyl groups is 1. The molecule has 3 N–H and O–H groups in total. The fraction of sp³-hybridized carbons (Fsp3) is 0.216. The van der Waals surface area contributed by atoms with Crippen LogP contribution < -0.4 is 5.32 Å². The van der Waals surface area contributed by atoms with Crippen molar-refractivity contribution in [3.05, 3.63) is 108 Å². The Morgan fingerprint density at radius 3 is 2.37 bits per heavy atom. The topological polar surface area (TPSA) is 130 Å². The molecule has 1 aliphatic carbocycles. The molecule has 2 aromatic heterocycles. The zero-order chi connectivity index (χ0) is 31.6. The van der Waals surface area contributed by atoms with Gasteiger partial charge in [0.1, 0.15) is 17.6 Å². The first-order chi connectivity index (χ1) is 22.4. The van der Waals surface area contributed by atoms with Crippen LogP contribution in [0.15, 0.2) is 97.2 Å². The normalized spacial score (nSPS) is 14.3. The molecule has 0 bridgehead atoms. The van der Waals surface area contributed by atoms with E-state index in [4.69, 9.17) is 15.0 Å². The van der Waals surface area contributed by atoms with Gasteiger partial charge in [0, 0.05) is 29.2 Å². The minimum absolute atomic E-state index is 0.0851. The van der Waals surface area contributed by atoms with Crippen molar-refractivity contribution in [1.29, 1.82) is 0 Å². The van der Waals surface area contributed by atoms with Gasteiger partial charge in [-0.05, 0) is 66.9 Å². The molecule has 0 spiro atoms. The van der Waals surface area contributed by atoms with Crippen molar-refractivity contribution >= 4 is 33.9 Å². The predicted octanol–water partition coefficient (Wildman–Crippen LogP) is 6.95. The number of benzene rings is 4. The molecule has 1 saturated carbocycles. The first kappa shape index (κ1) is 29.2. The number of nitrogens with one attached hydrogen (secondary N) is 1. The van der Waals surface area contributed by atoms with Gasteiger partial charge in [-0.1, -0.05) is 61.7 Å². The maximum Gasteiger partial charge on any atom is 0.326 e. The number of carbonyl (C=O) groups is 2. The number of carboxylic acids is 1. The third-order valence-corrected chi connectivity index (χ3v) is 8.74. The van der Waals surface area contributed by atoms with Crippen molar-refractivity contribution in [2.24, 2.45) is 0 Å². The number of imidazole rings is 1. The molecule has 0 aliphatic heterocycles. The summed E-state index contributed by atoms with van der Waals surface area (Å²) in [7, 11) is 0. The Labute approximate surface area is 265 Å². The van der Waals surface area contributed by atoms with E-state index in [2.05, 4.69) is 9.88 Å². The molecule has 9 nitrogen and oxygen atoms in total. The van der Waals surface area contributed by atoms with Crippen LogP contribution in [0.25, 0.3) is 44.7 Å². The number of aromatic nitrogens is 4. The van der Waals surface area contributed by atoms with Crippen molar-refractivity contribution in [2.75, 3.05) is 0 Å². The van der Waals surface area contributed by atoms with Crippen LogP contribution in [0.4, 0.5) is 0 Å². The molecule has 0 saturated heterocycles. The molecule has 1 amide bonds. The molecule has 7 rings (SSSR count). The largest absolute Gasteiger partial charge is 0.508 e. The molecule has 0 radical (unpaired) electrons. The minimum atomic E-state index is -1.14. The summed E-state index contributed by atoms with van der Waals surface area (Å²) in [6, 6.07) is 26.8. The quantitative estimate of drug-likeness (QED) is 0.170. The molecule has 230 valence electrons. The number of amides is 1. The number of phenolic OH excluding ortho intramolecular Hbond substituents is 1. The second kappa shape index (κ2) is 12.4. The van der Waals surface area contributed by atoms with Gasteiger partial charge in [-0.2, -0.15) is 0 Å². The van der Waals surface area contributed by atoms with Gasteiger partial charge in [0.15, 0.2) is 0 Å². The Hall–Kier alpha value is -5.57. The fourth-order valence-electron chi connectivity index (χ4n) is 6.36. The molecule has 2 heterocycles. The van der Waals surface area contributed by atoms with Crippen LogP contribution in [0.2, 0.25) is 0 Å². The lowest BCUT2D eigenvalue weighted by molar-refractivity contribution is -0.139. The van der Waals surface area contributed by atoms with E-state index >= 15 is 0 Å². The van der Waals surface area contributed by atoms with Crippen LogP contribution in [-0.2, 0) is 11.2 Å². The first-order valence-corrected chi connectivity index (χ1v) is 15.6. The van der Waals surface area contributed by atoms with E-state index in [0.717, 1.165) is 64.9 Å². The minimum Gasteiger partial charge on any atom is -0.508 e. The molecule has 1 fully saturated rings. The first-order valence-electron chi connectivity index (χ1n) is 15.6. The number of hydrogen-bond acceptors (Lipinski definition) is 6. The summed E-state index contributed by atoms with van der Waals surface area (Å²) in [5, 5.41) is 22.0. The van der Waals surface area contributed by atoms with Gasteiger partial charge in [0.25, 0.3) is 5.91 Å². The third-order valence-electron chi connectivity index (χ3n) is 8.74. The number of fused-ring (bicyclic) bond motifs is 2. The highest BCUT2D eigenvalue weighted by molar-refractivity contribution is 5.99. The SMILES string of the molecule is O=C(N[C@@H](Cc1ccc(O)cc1)C(=O)O)c1ccc2c(c1)nc(-c1ccc3nc(-c4ccccc4)cnc3c1)n2C1CCCCC1. The summed E-state index contributed by atoms with van der Waals surface area (Å²) in [5.41, 5.74) is 6.94. The van der Waals surface area contributed by atoms with E-state index in [9.17, 15) is 19.8 Å². The number of carbonyl (C=O) groups excluding carboxylic acids is 1. The Balaban J connectivity index is 1.22. The lowest BCUT2D eigenvalue weighted by Gasteiger charge is -2.25. The van der Waals surface area contributed by atoms with Gasteiger partial charge in [0.05, 0.1) is 34.0 Å². The molecule has 0 unspecified atom stereocenters. The zero-order valence-corrected chi connectivity index (χ0v) is 25.1.